The van der Waals surface area contributed by atoms with E-state index in [1.807, 2.05) is 6.20 Å². The molecule has 0 aliphatic carbocycles. The molecule has 1 aliphatic rings. The molecule has 2 rings (SSSR count). The van der Waals surface area contributed by atoms with Crippen molar-refractivity contribution in [1.29, 1.82) is 0 Å². The molecule has 1 fully saturated rings. The van der Waals surface area contributed by atoms with Crippen LogP contribution in [-0.4, -0.2) is 37.1 Å². The molecule has 24 heavy (non-hydrogen) atoms. The SMILES string of the molecule is CCCCNC(=NCc1ccnc(N2CCCCCC2)c1)NCC. The van der Waals surface area contributed by atoms with Crippen molar-refractivity contribution in [2.75, 3.05) is 31.1 Å². The van der Waals surface area contributed by atoms with Crippen molar-refractivity contribution in [3.63, 3.8) is 0 Å². The Hall–Kier alpha value is -1.78. The molecular weight excluding hydrogens is 298 g/mol. The highest BCUT2D eigenvalue weighted by Crippen LogP contribution is 2.18. The summed E-state index contributed by atoms with van der Waals surface area (Å²) in [4.78, 5) is 11.7. The van der Waals surface area contributed by atoms with Crippen molar-refractivity contribution in [3.05, 3.63) is 23.9 Å². The summed E-state index contributed by atoms with van der Waals surface area (Å²) >= 11 is 0. The second kappa shape index (κ2) is 10.9. The van der Waals surface area contributed by atoms with Gasteiger partial charge < -0.3 is 15.5 Å². The van der Waals surface area contributed by atoms with Crippen molar-refractivity contribution in [2.45, 2.75) is 58.9 Å². The minimum atomic E-state index is 0.685. The van der Waals surface area contributed by atoms with Gasteiger partial charge in [-0.05, 0) is 43.9 Å². The van der Waals surface area contributed by atoms with Gasteiger partial charge in [0.05, 0.1) is 6.54 Å². The van der Waals surface area contributed by atoms with Crippen LogP contribution in [-0.2, 0) is 6.54 Å². The van der Waals surface area contributed by atoms with Crippen LogP contribution in [0.2, 0.25) is 0 Å². The van der Waals surface area contributed by atoms with E-state index in [2.05, 4.69) is 46.5 Å². The summed E-state index contributed by atoms with van der Waals surface area (Å²) in [6.45, 7) is 9.09. The van der Waals surface area contributed by atoms with Crippen LogP contribution in [0.1, 0.15) is 57.9 Å². The second-order valence-corrected chi connectivity index (χ2v) is 6.40. The van der Waals surface area contributed by atoms with E-state index >= 15 is 0 Å². The van der Waals surface area contributed by atoms with Crippen molar-refractivity contribution >= 4 is 11.8 Å². The minimum absolute atomic E-state index is 0.685. The Morgan fingerprint density at radius 3 is 2.67 bits per heavy atom. The summed E-state index contributed by atoms with van der Waals surface area (Å²) in [5.41, 5.74) is 1.22. The number of aromatic nitrogens is 1. The summed E-state index contributed by atoms with van der Waals surface area (Å²) in [5, 5.41) is 6.70. The van der Waals surface area contributed by atoms with E-state index in [1.54, 1.807) is 0 Å². The molecular formula is C19H33N5. The lowest BCUT2D eigenvalue weighted by molar-refractivity contribution is 0.726. The first-order valence-electron chi connectivity index (χ1n) is 9.55. The van der Waals surface area contributed by atoms with Gasteiger partial charge in [0.15, 0.2) is 5.96 Å². The average molecular weight is 332 g/mol. The molecule has 134 valence electrons. The Labute approximate surface area is 147 Å². The number of nitrogens with zero attached hydrogens (tertiary/aromatic N) is 3. The Morgan fingerprint density at radius 1 is 1.17 bits per heavy atom. The summed E-state index contributed by atoms with van der Waals surface area (Å²) < 4.78 is 0. The molecule has 5 heteroatoms. The van der Waals surface area contributed by atoms with Gasteiger partial charge in [0.1, 0.15) is 5.82 Å². The van der Waals surface area contributed by atoms with Crippen LogP contribution < -0.4 is 15.5 Å². The van der Waals surface area contributed by atoms with E-state index in [0.29, 0.717) is 6.54 Å². The number of hydrogen-bond acceptors (Lipinski definition) is 3. The molecule has 0 spiro atoms. The lowest BCUT2D eigenvalue weighted by atomic mass is 10.2. The first-order valence-corrected chi connectivity index (χ1v) is 9.55. The third-order valence-corrected chi connectivity index (χ3v) is 4.33. The van der Waals surface area contributed by atoms with Crippen molar-refractivity contribution < 1.29 is 0 Å². The minimum Gasteiger partial charge on any atom is -0.357 e. The van der Waals surface area contributed by atoms with E-state index < -0.39 is 0 Å². The number of pyridine rings is 1. The largest absolute Gasteiger partial charge is 0.357 e. The average Bonchev–Trinajstić information content (AvgIpc) is 2.89. The number of aliphatic imine (C=N–C) groups is 1. The van der Waals surface area contributed by atoms with E-state index in [1.165, 1.54) is 44.1 Å². The molecule has 0 saturated carbocycles. The second-order valence-electron chi connectivity index (χ2n) is 6.40. The highest BCUT2D eigenvalue weighted by atomic mass is 15.2. The van der Waals surface area contributed by atoms with E-state index in [9.17, 15) is 0 Å². The van der Waals surface area contributed by atoms with Crippen molar-refractivity contribution in [2.24, 2.45) is 4.99 Å². The van der Waals surface area contributed by atoms with E-state index in [-0.39, 0.29) is 0 Å². The molecule has 2 heterocycles. The van der Waals surface area contributed by atoms with Crippen LogP contribution >= 0.6 is 0 Å². The Balaban J connectivity index is 1.97. The summed E-state index contributed by atoms with van der Waals surface area (Å²) in [5.74, 6) is 2.01. The Bertz CT molecular complexity index is 492. The first kappa shape index (κ1) is 18.6. The third kappa shape index (κ3) is 6.38. The van der Waals surface area contributed by atoms with E-state index in [4.69, 9.17) is 4.99 Å². The maximum atomic E-state index is 4.71. The fourth-order valence-corrected chi connectivity index (χ4v) is 2.93. The molecule has 0 atom stereocenters. The zero-order chi connectivity index (χ0) is 17.0. The normalized spacial score (nSPS) is 15.9. The molecule has 1 aromatic rings. The maximum Gasteiger partial charge on any atom is 0.191 e. The fraction of sp³-hybridized carbons (Fsp3) is 0.684. The predicted molar refractivity (Wildman–Crippen MR) is 103 cm³/mol. The zero-order valence-corrected chi connectivity index (χ0v) is 15.4. The molecule has 0 bridgehead atoms. The van der Waals surface area contributed by atoms with Crippen molar-refractivity contribution in [3.8, 4) is 0 Å². The Kier molecular flexibility index (Phi) is 8.42. The zero-order valence-electron chi connectivity index (χ0n) is 15.4. The number of anilines is 1. The van der Waals surface area contributed by atoms with E-state index in [0.717, 1.165) is 38.0 Å². The first-order chi connectivity index (χ1) is 11.8. The van der Waals surface area contributed by atoms with Gasteiger partial charge in [-0.3, -0.25) is 0 Å². The number of unbranched alkanes of at least 4 members (excludes halogenated alkanes) is 1. The summed E-state index contributed by atoms with van der Waals surface area (Å²) in [7, 11) is 0. The van der Waals surface area contributed by atoms with Gasteiger partial charge in [-0.15, -0.1) is 0 Å². The van der Waals surface area contributed by atoms with Crippen LogP contribution in [0.3, 0.4) is 0 Å². The molecule has 2 N–H and O–H groups in total. The van der Waals surface area contributed by atoms with Crippen LogP contribution in [0.5, 0.6) is 0 Å². The molecule has 1 aromatic heterocycles. The monoisotopic (exact) mass is 331 g/mol. The molecule has 1 saturated heterocycles. The Morgan fingerprint density at radius 2 is 1.96 bits per heavy atom. The van der Waals surface area contributed by atoms with Gasteiger partial charge in [-0.1, -0.05) is 26.2 Å². The van der Waals surface area contributed by atoms with Gasteiger partial charge in [0.2, 0.25) is 0 Å². The van der Waals surface area contributed by atoms with Gasteiger partial charge in [-0.2, -0.15) is 0 Å². The fourth-order valence-electron chi connectivity index (χ4n) is 2.93. The van der Waals surface area contributed by atoms with Crippen LogP contribution in [0, 0.1) is 0 Å². The quantitative estimate of drug-likeness (QED) is 0.457. The molecule has 0 aromatic carbocycles. The van der Waals surface area contributed by atoms with Gasteiger partial charge in [0.25, 0.3) is 0 Å². The number of rotatable bonds is 7. The van der Waals surface area contributed by atoms with Crippen LogP contribution in [0.25, 0.3) is 0 Å². The maximum absolute atomic E-state index is 4.71. The highest BCUT2D eigenvalue weighted by molar-refractivity contribution is 5.79. The standard InChI is InChI=1S/C19H33N5/c1-3-5-11-22-19(20-4-2)23-16-17-10-12-21-18(15-17)24-13-8-6-7-9-14-24/h10,12,15H,3-9,11,13-14,16H2,1-2H3,(H2,20,22,23). The van der Waals surface area contributed by atoms with Gasteiger partial charge >= 0.3 is 0 Å². The smallest absolute Gasteiger partial charge is 0.191 e. The molecule has 0 radical (unpaired) electrons. The lowest BCUT2D eigenvalue weighted by Crippen LogP contribution is -2.37. The lowest BCUT2D eigenvalue weighted by Gasteiger charge is -2.21. The van der Waals surface area contributed by atoms with Gasteiger partial charge in [0, 0.05) is 32.4 Å². The molecule has 5 nitrogen and oxygen atoms in total. The molecule has 1 aliphatic heterocycles. The third-order valence-electron chi connectivity index (χ3n) is 4.33. The number of guanidine groups is 1. The van der Waals surface area contributed by atoms with Crippen LogP contribution in [0.4, 0.5) is 5.82 Å². The van der Waals surface area contributed by atoms with Crippen LogP contribution in [0.15, 0.2) is 23.3 Å². The predicted octanol–water partition coefficient (Wildman–Crippen LogP) is 3.32. The van der Waals surface area contributed by atoms with Gasteiger partial charge in [-0.25, -0.2) is 9.98 Å². The number of hydrogen-bond donors (Lipinski definition) is 2. The van der Waals surface area contributed by atoms with Crippen molar-refractivity contribution in [1.82, 2.24) is 15.6 Å². The molecule has 0 unspecified atom stereocenters. The summed E-state index contributed by atoms with van der Waals surface area (Å²) in [6.07, 6.45) is 9.51. The molecule has 0 amide bonds. The highest BCUT2D eigenvalue weighted by Gasteiger charge is 2.11. The topological polar surface area (TPSA) is 52.6 Å². The number of nitrogens with one attached hydrogen (secondary N) is 2. The summed E-state index contributed by atoms with van der Waals surface area (Å²) in [6, 6.07) is 4.27.